The summed E-state index contributed by atoms with van der Waals surface area (Å²) in [6, 6.07) is 19.6. The number of amides is 3. The summed E-state index contributed by atoms with van der Waals surface area (Å²) in [5.41, 5.74) is 3.18. The Kier molecular flexibility index (Phi) is 8.61. The molecule has 2 aliphatic heterocycles. The molecule has 2 heterocycles. The van der Waals surface area contributed by atoms with Gasteiger partial charge in [0, 0.05) is 6.54 Å². The molecule has 2 N–H and O–H groups in total. The van der Waals surface area contributed by atoms with Gasteiger partial charge in [0.05, 0.1) is 48.5 Å². The number of hydrogen-bond acceptors (Lipinski definition) is 6. The highest BCUT2D eigenvalue weighted by Gasteiger charge is 2.29. The molecule has 3 aromatic rings. The first-order chi connectivity index (χ1) is 19.5. The molecule has 5 rings (SSSR count). The molecule has 0 aliphatic carbocycles. The van der Waals surface area contributed by atoms with Crippen LogP contribution < -0.4 is 20.3 Å². The lowest BCUT2D eigenvalue weighted by Crippen LogP contribution is -2.31. The van der Waals surface area contributed by atoms with Gasteiger partial charge in [-0.1, -0.05) is 36.8 Å². The van der Waals surface area contributed by atoms with E-state index in [1.54, 1.807) is 53.4 Å². The second-order valence-electron chi connectivity index (χ2n) is 9.95. The van der Waals surface area contributed by atoms with Crippen LogP contribution in [0, 0.1) is 0 Å². The number of likely N-dealkylation sites (tertiary alicyclic amines) is 1. The van der Waals surface area contributed by atoms with Gasteiger partial charge in [-0.15, -0.1) is 0 Å². The third-order valence-corrected chi connectivity index (χ3v) is 7.18. The van der Waals surface area contributed by atoms with Gasteiger partial charge in [-0.05, 0) is 74.3 Å². The summed E-state index contributed by atoms with van der Waals surface area (Å²) in [6.45, 7) is 3.75. The van der Waals surface area contributed by atoms with Gasteiger partial charge in [0.2, 0.25) is 5.91 Å². The van der Waals surface area contributed by atoms with Crippen LogP contribution in [0.1, 0.15) is 41.6 Å². The van der Waals surface area contributed by atoms with Crippen molar-refractivity contribution in [2.75, 3.05) is 48.9 Å². The largest absolute Gasteiger partial charge is 0.491 e. The average molecular weight is 543 g/mol. The van der Waals surface area contributed by atoms with E-state index in [1.807, 2.05) is 18.2 Å². The summed E-state index contributed by atoms with van der Waals surface area (Å²) in [6.07, 6.45) is 4.07. The topological polar surface area (TPSA) is 100 Å². The number of nitrogens with zero attached hydrogens (tertiary/aromatic N) is 2. The molecule has 1 fully saturated rings. The zero-order valence-corrected chi connectivity index (χ0v) is 22.7. The minimum absolute atomic E-state index is 0.0297. The predicted octanol–water partition coefficient (Wildman–Crippen LogP) is 5.59. The number of piperidine rings is 1. The Morgan fingerprint density at radius 3 is 2.50 bits per heavy atom. The van der Waals surface area contributed by atoms with E-state index in [1.165, 1.54) is 26.4 Å². The van der Waals surface area contributed by atoms with Crippen LogP contribution in [0.15, 0.2) is 66.7 Å². The fourth-order valence-corrected chi connectivity index (χ4v) is 5.20. The number of methoxy groups -OCH3 is 1. The maximum Gasteiger partial charge on any atom is 0.411 e. The number of benzene rings is 3. The third-order valence-electron chi connectivity index (χ3n) is 7.18. The number of carbonyl (C=O) groups is 3. The zero-order valence-electron chi connectivity index (χ0n) is 22.7. The van der Waals surface area contributed by atoms with Crippen LogP contribution in [0.2, 0.25) is 0 Å². The summed E-state index contributed by atoms with van der Waals surface area (Å²) in [4.78, 5) is 42.8. The van der Waals surface area contributed by atoms with Crippen molar-refractivity contribution >= 4 is 40.7 Å². The van der Waals surface area contributed by atoms with E-state index in [-0.39, 0.29) is 18.2 Å². The minimum atomic E-state index is -0.624. The molecule has 0 unspecified atom stereocenters. The molecule has 0 aromatic heterocycles. The standard InChI is InChI=1S/C31H34N4O5/c1-39-31(38)33-25-20-22(14-15-28(25)40-19-9-18-34-16-7-2-8-17-34)21-29(36)35-26-12-5-3-10-23(26)30(37)32-24-11-4-6-13-27(24)35/h3-6,10-15,20H,2,7-9,16-19,21H2,1H3,(H,32,37)(H,33,38). The number of anilines is 4. The number of hydrogen-bond donors (Lipinski definition) is 2. The van der Waals surface area contributed by atoms with Crippen molar-refractivity contribution < 1.29 is 23.9 Å². The quantitative estimate of drug-likeness (QED) is 0.360. The molecule has 9 heteroatoms. The fraction of sp³-hybridized carbons (Fsp3) is 0.323. The summed E-state index contributed by atoms with van der Waals surface area (Å²) < 4.78 is 10.8. The molecular formula is C31H34N4O5. The first-order valence-corrected chi connectivity index (χ1v) is 13.7. The van der Waals surface area contributed by atoms with Gasteiger partial charge in [0.1, 0.15) is 5.75 Å². The zero-order chi connectivity index (χ0) is 27.9. The molecular weight excluding hydrogens is 508 g/mol. The van der Waals surface area contributed by atoms with Gasteiger partial charge in [-0.3, -0.25) is 19.8 Å². The van der Waals surface area contributed by atoms with Crippen LogP contribution in [-0.2, 0) is 16.0 Å². The number of rotatable bonds is 8. The van der Waals surface area contributed by atoms with Crippen molar-refractivity contribution in [3.05, 3.63) is 77.9 Å². The van der Waals surface area contributed by atoms with Crippen molar-refractivity contribution in [2.45, 2.75) is 32.1 Å². The lowest BCUT2D eigenvalue weighted by atomic mass is 10.1. The van der Waals surface area contributed by atoms with Gasteiger partial charge >= 0.3 is 6.09 Å². The van der Waals surface area contributed by atoms with Crippen molar-refractivity contribution in [3.8, 4) is 5.75 Å². The van der Waals surface area contributed by atoms with Crippen LogP contribution in [0.3, 0.4) is 0 Å². The van der Waals surface area contributed by atoms with Crippen molar-refractivity contribution in [2.24, 2.45) is 0 Å². The SMILES string of the molecule is COC(=O)Nc1cc(CC(=O)N2c3ccccc3NC(=O)c3ccccc32)ccc1OCCCN1CCCCC1. The highest BCUT2D eigenvalue weighted by molar-refractivity contribution is 6.17. The predicted molar refractivity (Wildman–Crippen MR) is 155 cm³/mol. The average Bonchev–Trinajstić information content (AvgIpc) is 3.10. The maximum atomic E-state index is 13.8. The Morgan fingerprint density at radius 1 is 0.950 bits per heavy atom. The Morgan fingerprint density at radius 2 is 1.70 bits per heavy atom. The molecule has 0 spiro atoms. The lowest BCUT2D eigenvalue weighted by Gasteiger charge is -2.26. The summed E-state index contributed by atoms with van der Waals surface area (Å²) in [5.74, 6) is 0.0147. The van der Waals surface area contributed by atoms with Gasteiger partial charge in [-0.25, -0.2) is 4.79 Å². The van der Waals surface area contributed by atoms with Crippen molar-refractivity contribution in [1.29, 1.82) is 0 Å². The van der Waals surface area contributed by atoms with Crippen LogP contribution in [0.25, 0.3) is 0 Å². The molecule has 0 atom stereocenters. The number of carbonyl (C=O) groups excluding carboxylic acids is 3. The van der Waals surface area contributed by atoms with E-state index >= 15 is 0 Å². The number of ether oxygens (including phenoxy) is 2. The lowest BCUT2D eigenvalue weighted by molar-refractivity contribution is -0.117. The molecule has 0 saturated carbocycles. The normalized spacial score (nSPS) is 14.8. The molecule has 40 heavy (non-hydrogen) atoms. The minimum Gasteiger partial charge on any atom is -0.491 e. The fourth-order valence-electron chi connectivity index (χ4n) is 5.20. The highest BCUT2D eigenvalue weighted by atomic mass is 16.5. The number of nitrogens with one attached hydrogen (secondary N) is 2. The van der Waals surface area contributed by atoms with Crippen LogP contribution >= 0.6 is 0 Å². The van der Waals surface area contributed by atoms with Crippen LogP contribution in [0.4, 0.5) is 27.5 Å². The van der Waals surface area contributed by atoms with Crippen molar-refractivity contribution in [3.63, 3.8) is 0 Å². The molecule has 3 amide bonds. The van der Waals surface area contributed by atoms with Gasteiger partial charge in [0.25, 0.3) is 5.91 Å². The van der Waals surface area contributed by atoms with E-state index in [0.29, 0.717) is 46.2 Å². The Bertz CT molecular complexity index is 1390. The Hall–Kier alpha value is -4.37. The van der Waals surface area contributed by atoms with Crippen LogP contribution in [-0.4, -0.2) is 56.2 Å². The van der Waals surface area contributed by atoms with Crippen LogP contribution in [0.5, 0.6) is 5.75 Å². The molecule has 2 aliphatic rings. The summed E-state index contributed by atoms with van der Waals surface area (Å²) in [5, 5.41) is 5.62. The molecule has 0 radical (unpaired) electrons. The Balaban J connectivity index is 1.35. The van der Waals surface area contributed by atoms with E-state index in [9.17, 15) is 14.4 Å². The first-order valence-electron chi connectivity index (χ1n) is 13.7. The number of fused-ring (bicyclic) bond motifs is 2. The van der Waals surface area contributed by atoms with Crippen molar-refractivity contribution in [1.82, 2.24) is 4.90 Å². The first kappa shape index (κ1) is 27.2. The van der Waals surface area contributed by atoms with E-state index in [0.717, 1.165) is 26.1 Å². The number of para-hydroxylation sites is 3. The molecule has 0 bridgehead atoms. The second kappa shape index (κ2) is 12.7. The van der Waals surface area contributed by atoms with E-state index in [2.05, 4.69) is 15.5 Å². The van der Waals surface area contributed by atoms with Gasteiger partial charge < -0.3 is 19.7 Å². The van der Waals surface area contributed by atoms with E-state index < -0.39 is 6.09 Å². The summed E-state index contributed by atoms with van der Waals surface area (Å²) >= 11 is 0. The smallest absolute Gasteiger partial charge is 0.411 e. The monoisotopic (exact) mass is 542 g/mol. The molecule has 208 valence electrons. The third kappa shape index (κ3) is 6.26. The summed E-state index contributed by atoms with van der Waals surface area (Å²) in [7, 11) is 1.30. The Labute approximate surface area is 234 Å². The van der Waals surface area contributed by atoms with E-state index in [4.69, 9.17) is 9.47 Å². The molecule has 3 aromatic carbocycles. The van der Waals surface area contributed by atoms with Gasteiger partial charge in [-0.2, -0.15) is 0 Å². The molecule has 1 saturated heterocycles. The maximum absolute atomic E-state index is 13.8. The van der Waals surface area contributed by atoms with Gasteiger partial charge in [0.15, 0.2) is 0 Å². The molecule has 9 nitrogen and oxygen atoms in total. The second-order valence-corrected chi connectivity index (χ2v) is 9.95. The highest BCUT2D eigenvalue weighted by Crippen LogP contribution is 2.38.